The predicted octanol–water partition coefficient (Wildman–Crippen LogP) is 14.3. The van der Waals surface area contributed by atoms with Gasteiger partial charge in [0.2, 0.25) is 0 Å². The molecule has 60 heavy (non-hydrogen) atoms. The molecule has 0 aromatic heterocycles. The summed E-state index contributed by atoms with van der Waals surface area (Å²) < 4.78 is -1.98. The molecule has 0 aliphatic heterocycles. The van der Waals surface area contributed by atoms with Gasteiger partial charge in [-0.15, -0.1) is 0 Å². The van der Waals surface area contributed by atoms with E-state index in [9.17, 15) is 9.59 Å². The van der Waals surface area contributed by atoms with Crippen molar-refractivity contribution in [3.63, 3.8) is 0 Å². The Morgan fingerprint density at radius 2 is 0.850 bits per heavy atom. The number of rotatable bonds is 9. The van der Waals surface area contributed by atoms with E-state index in [0.29, 0.717) is 0 Å². The van der Waals surface area contributed by atoms with E-state index in [1.807, 2.05) is 13.8 Å². The molecule has 0 spiro atoms. The van der Waals surface area contributed by atoms with E-state index in [-0.39, 0.29) is 35.5 Å². The summed E-state index contributed by atoms with van der Waals surface area (Å²) in [4.78, 5) is 27.8. The number of nitrogens with one attached hydrogen (secondary N) is 2. The Morgan fingerprint density at radius 3 is 1.17 bits per heavy atom. The van der Waals surface area contributed by atoms with Crippen LogP contribution in [-0.4, -0.2) is 16.3 Å². The molecule has 0 fully saturated rings. The zero-order valence-electron chi connectivity index (χ0n) is 38.5. The molecule has 0 saturated carbocycles. The summed E-state index contributed by atoms with van der Waals surface area (Å²) >= 11 is -6.21. The van der Waals surface area contributed by atoms with Crippen LogP contribution in [0.25, 0.3) is 34.4 Å². The van der Waals surface area contributed by atoms with E-state index in [2.05, 4.69) is 191 Å². The molecule has 4 nitrogen and oxygen atoms in total. The van der Waals surface area contributed by atoms with Gasteiger partial charge in [-0.1, -0.05) is 0 Å². The molecule has 0 bridgehead atoms. The minimum absolute atomic E-state index is 0.111. The molecule has 0 saturated heterocycles. The normalized spacial score (nSPS) is 17.5. The van der Waals surface area contributed by atoms with Crippen molar-refractivity contribution >= 4 is 45.5 Å². The van der Waals surface area contributed by atoms with Crippen molar-refractivity contribution in [2.75, 3.05) is 0 Å². The molecule has 0 radical (unpaired) electrons. The van der Waals surface area contributed by atoms with E-state index in [1.54, 1.807) is 0 Å². The molecule has 0 heterocycles. The first-order valence-electron chi connectivity index (χ1n) is 21.8. The van der Waals surface area contributed by atoms with Crippen LogP contribution in [0.1, 0.15) is 150 Å². The van der Waals surface area contributed by atoms with Crippen LogP contribution in [0.15, 0.2) is 96.1 Å². The Hall–Kier alpha value is -3.17. The second-order valence-electron chi connectivity index (χ2n) is 21.3. The molecule has 4 aromatic carbocycles. The average Bonchev–Trinajstić information content (AvgIpc) is 3.79. The van der Waals surface area contributed by atoms with Crippen molar-refractivity contribution in [3.05, 3.63) is 129 Å². The van der Waals surface area contributed by atoms with E-state index >= 15 is 0 Å². The SMILES string of the molecule is CCC(=O)N[B](NC(=O)CC)[Zr]([Cl])([Cl])([CH]1C(C(C)(C)C)=Cc2c(-c3ccccc3C(C)(C)C)cccc21)[CH]1C(C(C)(C)C)=Cc2c(-c3ccccc3C(C)(C)C)cccc21. The molecule has 317 valence electrons. The summed E-state index contributed by atoms with van der Waals surface area (Å²) in [7, 11) is 18.2. The zero-order chi connectivity index (χ0) is 44.4. The summed E-state index contributed by atoms with van der Waals surface area (Å²) in [6, 6.07) is 30.5. The number of benzene rings is 4. The van der Waals surface area contributed by atoms with Crippen LogP contribution in [0.4, 0.5) is 0 Å². The van der Waals surface area contributed by atoms with Gasteiger partial charge >= 0.3 is 372 Å². The van der Waals surface area contributed by atoms with Crippen molar-refractivity contribution in [2.45, 2.75) is 128 Å². The molecule has 2 aliphatic rings. The monoisotopic (exact) mass is 921 g/mol. The molecule has 2 atom stereocenters. The molecular weight excluding hydrogens is 858 g/mol. The molecule has 6 rings (SSSR count). The predicted molar refractivity (Wildman–Crippen MR) is 256 cm³/mol. The number of fused-ring (bicyclic) bond motifs is 2. The van der Waals surface area contributed by atoms with Crippen LogP contribution in [0.5, 0.6) is 0 Å². The zero-order valence-corrected chi connectivity index (χ0v) is 42.4. The van der Waals surface area contributed by atoms with E-state index in [1.165, 1.54) is 22.3 Å². The van der Waals surface area contributed by atoms with Crippen LogP contribution in [0.2, 0.25) is 0 Å². The van der Waals surface area contributed by atoms with Gasteiger partial charge in [-0.3, -0.25) is 0 Å². The third-order valence-electron chi connectivity index (χ3n) is 12.8. The van der Waals surface area contributed by atoms with E-state index in [4.69, 9.17) is 17.0 Å². The molecular formula is C52H66BCl2N2O2Zr. The number of halogens is 2. The first-order chi connectivity index (χ1) is 27.7. The van der Waals surface area contributed by atoms with Crippen LogP contribution in [-0.2, 0) is 36.6 Å². The fraction of sp³-hybridized carbons (Fsp3) is 0.423. The van der Waals surface area contributed by atoms with Crippen LogP contribution in [0.3, 0.4) is 0 Å². The number of hydrogen-bond acceptors (Lipinski definition) is 2. The van der Waals surface area contributed by atoms with Crippen LogP contribution in [0, 0.1) is 10.8 Å². The Morgan fingerprint density at radius 1 is 0.517 bits per heavy atom. The number of hydrogen-bond donors (Lipinski definition) is 2. The summed E-state index contributed by atoms with van der Waals surface area (Å²) in [6.45, 7) is 30.6. The van der Waals surface area contributed by atoms with Gasteiger partial charge in [0.15, 0.2) is 0 Å². The van der Waals surface area contributed by atoms with Gasteiger partial charge in [-0.2, -0.15) is 0 Å². The molecule has 2 amide bonds. The van der Waals surface area contributed by atoms with Gasteiger partial charge in [0, 0.05) is 0 Å². The fourth-order valence-corrected chi connectivity index (χ4v) is 30.9. The van der Waals surface area contributed by atoms with Crippen molar-refractivity contribution in [3.8, 4) is 22.3 Å². The third-order valence-corrected chi connectivity index (χ3v) is 32.5. The van der Waals surface area contributed by atoms with Gasteiger partial charge in [0.05, 0.1) is 0 Å². The summed E-state index contributed by atoms with van der Waals surface area (Å²) in [5.74, 6) is -0.421. The van der Waals surface area contributed by atoms with E-state index in [0.717, 1.165) is 44.5 Å². The van der Waals surface area contributed by atoms with Crippen molar-refractivity contribution in [1.29, 1.82) is 0 Å². The van der Waals surface area contributed by atoms with Gasteiger partial charge in [0.1, 0.15) is 0 Å². The first kappa shape index (κ1) is 46.3. The maximum absolute atomic E-state index is 13.9. The Kier molecular flexibility index (Phi) is 12.5. The van der Waals surface area contributed by atoms with Gasteiger partial charge < -0.3 is 0 Å². The number of carbonyl (C=O) groups is 2. The maximum atomic E-state index is 13.9. The van der Waals surface area contributed by atoms with Crippen LogP contribution < -0.4 is 10.5 Å². The summed E-state index contributed by atoms with van der Waals surface area (Å²) in [6.07, 6.45) is 5.12. The molecule has 2 aliphatic carbocycles. The van der Waals surface area contributed by atoms with Crippen molar-refractivity contribution in [1.82, 2.24) is 10.5 Å². The number of amides is 2. The third kappa shape index (κ3) is 8.24. The molecule has 2 N–H and O–H groups in total. The number of allylic oxidation sites excluding steroid dienone is 2. The Balaban J connectivity index is 1.78. The van der Waals surface area contributed by atoms with Crippen molar-refractivity contribution in [2.24, 2.45) is 10.8 Å². The minimum atomic E-state index is -6.21. The van der Waals surface area contributed by atoms with Crippen molar-refractivity contribution < 1.29 is 25.8 Å². The second-order valence-corrected chi connectivity index (χ2v) is 42.7. The van der Waals surface area contributed by atoms with E-state index < -0.39 is 38.8 Å². The summed E-state index contributed by atoms with van der Waals surface area (Å²) in [5.41, 5.74) is 12.6. The summed E-state index contributed by atoms with van der Waals surface area (Å²) in [5, 5.41) is 6.65. The molecule has 4 aromatic rings. The fourth-order valence-electron chi connectivity index (χ4n) is 9.84. The second kappa shape index (κ2) is 16.2. The van der Waals surface area contributed by atoms with Gasteiger partial charge in [-0.05, 0) is 0 Å². The standard InChI is InChI=1S/2C23H27.C6H11BN2O2.2ClH.Zr/c2*1-22(2,3)17-14-16-10-9-12-18(20(16)15-17)19-11-7-8-13-21(19)23(4,5)6;1-3-5(10)8-7-9-6(11)4-2;;;/h2*7-15H,1-6H3;3-4H2,1-2H3,(H-,8,9,10,11);2*1H;/q;;;;;+1/p-1. The van der Waals surface area contributed by atoms with Crippen LogP contribution >= 0.6 is 17.0 Å². The first-order valence-corrected chi connectivity index (χ1v) is 32.4. The molecule has 8 heteroatoms. The Labute approximate surface area is 369 Å². The molecule has 2 unspecified atom stereocenters. The number of carbonyl (C=O) groups excluding carboxylic acids is 2. The quantitative estimate of drug-likeness (QED) is 0.164. The van der Waals surface area contributed by atoms with Gasteiger partial charge in [-0.25, -0.2) is 0 Å². The topological polar surface area (TPSA) is 58.2 Å². The Bertz CT molecular complexity index is 2240. The van der Waals surface area contributed by atoms with Gasteiger partial charge in [0.25, 0.3) is 0 Å². The average molecular weight is 924 g/mol.